The highest BCUT2D eigenvalue weighted by Gasteiger charge is 2.11. The minimum Gasteiger partial charge on any atom is -0.465 e. The zero-order valence-corrected chi connectivity index (χ0v) is 11.6. The van der Waals surface area contributed by atoms with Gasteiger partial charge in [-0.2, -0.15) is 5.48 Å². The van der Waals surface area contributed by atoms with Crippen LogP contribution in [0, 0.1) is 5.82 Å². The first kappa shape index (κ1) is 15.2. The molecule has 0 aliphatic carbocycles. The molecule has 1 N–H and O–H groups in total. The van der Waals surface area contributed by atoms with Gasteiger partial charge in [0.15, 0.2) is 0 Å². The normalized spacial score (nSPS) is 10.4. The Balaban J connectivity index is 1.84. The predicted octanol–water partition coefficient (Wildman–Crippen LogP) is 2.83. The van der Waals surface area contributed by atoms with Crippen molar-refractivity contribution in [3.8, 4) is 0 Å². The van der Waals surface area contributed by atoms with Crippen molar-refractivity contribution in [2.75, 3.05) is 7.11 Å². The summed E-state index contributed by atoms with van der Waals surface area (Å²) in [5.41, 5.74) is 4.39. The molecule has 110 valence electrons. The van der Waals surface area contributed by atoms with E-state index in [9.17, 15) is 9.18 Å². The van der Waals surface area contributed by atoms with Crippen molar-refractivity contribution in [2.45, 2.75) is 13.2 Å². The van der Waals surface area contributed by atoms with Crippen LogP contribution in [0.25, 0.3) is 0 Å². The fourth-order valence-electron chi connectivity index (χ4n) is 1.79. The molecule has 0 bridgehead atoms. The van der Waals surface area contributed by atoms with Gasteiger partial charge < -0.3 is 4.74 Å². The van der Waals surface area contributed by atoms with Gasteiger partial charge in [-0.05, 0) is 23.3 Å². The average molecular weight is 289 g/mol. The van der Waals surface area contributed by atoms with Crippen molar-refractivity contribution in [3.05, 3.63) is 71.0 Å². The Labute approximate surface area is 122 Å². The summed E-state index contributed by atoms with van der Waals surface area (Å²) in [4.78, 5) is 16.6. The molecule has 0 fully saturated rings. The van der Waals surface area contributed by atoms with Crippen molar-refractivity contribution in [2.24, 2.45) is 0 Å². The maximum Gasteiger partial charge on any atom is 0.340 e. The number of esters is 1. The Morgan fingerprint density at radius 3 is 2.57 bits per heavy atom. The number of rotatable bonds is 6. The first-order valence-electron chi connectivity index (χ1n) is 6.46. The van der Waals surface area contributed by atoms with Gasteiger partial charge in [-0.1, -0.05) is 36.4 Å². The largest absolute Gasteiger partial charge is 0.465 e. The Morgan fingerprint density at radius 2 is 1.90 bits per heavy atom. The monoisotopic (exact) mass is 289 g/mol. The highest BCUT2D eigenvalue weighted by atomic mass is 19.1. The molecule has 2 aromatic rings. The zero-order valence-electron chi connectivity index (χ0n) is 11.6. The van der Waals surface area contributed by atoms with E-state index in [1.807, 2.05) is 30.3 Å². The zero-order chi connectivity index (χ0) is 15.1. The van der Waals surface area contributed by atoms with Crippen LogP contribution >= 0.6 is 0 Å². The lowest BCUT2D eigenvalue weighted by Crippen LogP contribution is -2.14. The van der Waals surface area contributed by atoms with Gasteiger partial charge in [-0.15, -0.1) is 0 Å². The molecule has 0 amide bonds. The molecule has 0 aromatic heterocycles. The van der Waals surface area contributed by atoms with E-state index in [1.54, 1.807) is 6.07 Å². The van der Waals surface area contributed by atoms with Crippen molar-refractivity contribution in [1.29, 1.82) is 0 Å². The molecule has 4 nitrogen and oxygen atoms in total. The lowest BCUT2D eigenvalue weighted by molar-refractivity contribution is 0.0234. The van der Waals surface area contributed by atoms with Crippen molar-refractivity contribution in [1.82, 2.24) is 5.48 Å². The maximum absolute atomic E-state index is 13.7. The molecule has 0 aliphatic heterocycles. The molecule has 21 heavy (non-hydrogen) atoms. The molecular weight excluding hydrogens is 273 g/mol. The lowest BCUT2D eigenvalue weighted by atomic mass is 10.1. The van der Waals surface area contributed by atoms with Gasteiger partial charge in [-0.25, -0.2) is 9.18 Å². The molecule has 0 spiro atoms. The van der Waals surface area contributed by atoms with E-state index in [-0.39, 0.29) is 5.56 Å². The molecule has 0 aliphatic rings. The second kappa shape index (κ2) is 7.52. The van der Waals surface area contributed by atoms with E-state index in [0.717, 1.165) is 5.56 Å². The SMILES string of the molecule is COC(=O)c1ccc(CNOCc2ccccc2)cc1F. The van der Waals surface area contributed by atoms with Crippen LogP contribution in [0.4, 0.5) is 4.39 Å². The number of methoxy groups -OCH3 is 1. The Hall–Kier alpha value is -2.24. The van der Waals surface area contributed by atoms with Crippen molar-refractivity contribution >= 4 is 5.97 Å². The summed E-state index contributed by atoms with van der Waals surface area (Å²) in [5.74, 6) is -1.29. The molecule has 5 heteroatoms. The summed E-state index contributed by atoms with van der Waals surface area (Å²) >= 11 is 0. The van der Waals surface area contributed by atoms with Gasteiger partial charge in [0.2, 0.25) is 0 Å². The highest BCUT2D eigenvalue weighted by Crippen LogP contribution is 2.11. The maximum atomic E-state index is 13.7. The molecular formula is C16H16FNO3. The van der Waals surface area contributed by atoms with Crippen molar-refractivity contribution < 1.29 is 18.8 Å². The number of halogens is 1. The summed E-state index contributed by atoms with van der Waals surface area (Å²) < 4.78 is 18.2. The Kier molecular flexibility index (Phi) is 5.43. The van der Waals surface area contributed by atoms with Crippen LogP contribution in [-0.2, 0) is 22.7 Å². The lowest BCUT2D eigenvalue weighted by Gasteiger charge is -2.07. The van der Waals surface area contributed by atoms with Crippen LogP contribution in [0.1, 0.15) is 21.5 Å². The van der Waals surface area contributed by atoms with E-state index in [0.29, 0.717) is 18.7 Å². The number of hydroxylamine groups is 1. The second-order valence-corrected chi connectivity index (χ2v) is 4.40. The fraction of sp³-hybridized carbons (Fsp3) is 0.188. The predicted molar refractivity (Wildman–Crippen MR) is 75.8 cm³/mol. The average Bonchev–Trinajstić information content (AvgIpc) is 2.52. The number of hydrogen-bond donors (Lipinski definition) is 1. The van der Waals surface area contributed by atoms with Gasteiger partial charge >= 0.3 is 5.97 Å². The van der Waals surface area contributed by atoms with Crippen LogP contribution in [0.15, 0.2) is 48.5 Å². The van der Waals surface area contributed by atoms with E-state index in [4.69, 9.17) is 4.84 Å². The number of benzene rings is 2. The highest BCUT2D eigenvalue weighted by molar-refractivity contribution is 5.89. The summed E-state index contributed by atoms with van der Waals surface area (Å²) in [7, 11) is 1.22. The Bertz CT molecular complexity index is 602. The third-order valence-corrected chi connectivity index (χ3v) is 2.90. The van der Waals surface area contributed by atoms with Crippen LogP contribution in [-0.4, -0.2) is 13.1 Å². The summed E-state index contributed by atoms with van der Waals surface area (Å²) in [6.07, 6.45) is 0. The van der Waals surface area contributed by atoms with Gasteiger partial charge in [-0.3, -0.25) is 4.84 Å². The number of carbonyl (C=O) groups is 1. The minimum atomic E-state index is -0.688. The molecule has 2 aromatic carbocycles. The smallest absolute Gasteiger partial charge is 0.340 e. The first-order valence-corrected chi connectivity index (χ1v) is 6.46. The van der Waals surface area contributed by atoms with E-state index in [1.165, 1.54) is 19.2 Å². The third kappa shape index (κ3) is 4.37. The third-order valence-electron chi connectivity index (χ3n) is 2.90. The quantitative estimate of drug-likeness (QED) is 0.504. The number of hydrogen-bond acceptors (Lipinski definition) is 4. The summed E-state index contributed by atoms with van der Waals surface area (Å²) in [5, 5.41) is 0. The summed E-state index contributed by atoms with van der Waals surface area (Å²) in [6.45, 7) is 0.759. The van der Waals surface area contributed by atoms with E-state index in [2.05, 4.69) is 10.2 Å². The van der Waals surface area contributed by atoms with Gasteiger partial charge in [0.25, 0.3) is 0 Å². The molecule has 0 unspecified atom stereocenters. The molecule has 0 saturated heterocycles. The summed E-state index contributed by atoms with van der Waals surface area (Å²) in [6, 6.07) is 14.0. The molecule has 0 atom stereocenters. The molecule has 0 radical (unpaired) electrons. The molecule has 0 saturated carbocycles. The van der Waals surface area contributed by atoms with Crippen LogP contribution in [0.3, 0.4) is 0 Å². The standard InChI is InChI=1S/C16H16FNO3/c1-20-16(19)14-8-7-13(9-15(14)17)10-18-21-11-12-5-3-2-4-6-12/h2-9,18H,10-11H2,1H3. The molecule has 0 heterocycles. The number of ether oxygens (including phenoxy) is 1. The second-order valence-electron chi connectivity index (χ2n) is 4.40. The van der Waals surface area contributed by atoms with Crippen molar-refractivity contribution in [3.63, 3.8) is 0 Å². The number of nitrogens with one attached hydrogen (secondary N) is 1. The van der Waals surface area contributed by atoms with Gasteiger partial charge in [0.1, 0.15) is 5.82 Å². The minimum absolute atomic E-state index is 0.0774. The first-order chi connectivity index (χ1) is 10.2. The van der Waals surface area contributed by atoms with Gasteiger partial charge in [0.05, 0.1) is 19.3 Å². The van der Waals surface area contributed by atoms with E-state index < -0.39 is 11.8 Å². The van der Waals surface area contributed by atoms with Crippen LogP contribution in [0.2, 0.25) is 0 Å². The van der Waals surface area contributed by atoms with Gasteiger partial charge in [0, 0.05) is 6.54 Å². The number of carbonyl (C=O) groups excluding carboxylic acids is 1. The van der Waals surface area contributed by atoms with Crippen LogP contribution < -0.4 is 5.48 Å². The van der Waals surface area contributed by atoms with Crippen LogP contribution in [0.5, 0.6) is 0 Å². The molecule has 2 rings (SSSR count). The van der Waals surface area contributed by atoms with E-state index >= 15 is 0 Å². The fourth-order valence-corrected chi connectivity index (χ4v) is 1.79. The topological polar surface area (TPSA) is 47.6 Å². The Morgan fingerprint density at radius 1 is 1.14 bits per heavy atom.